The van der Waals surface area contributed by atoms with E-state index in [4.69, 9.17) is 28.3 Å². The number of aromatic nitrogens is 2. The topological polar surface area (TPSA) is 55.1 Å². The molecule has 0 spiro atoms. The van der Waals surface area contributed by atoms with Crippen molar-refractivity contribution in [1.29, 1.82) is 0 Å². The molecule has 2 rings (SSSR count). The molecule has 7 heteroatoms. The highest BCUT2D eigenvalue weighted by molar-refractivity contribution is 14.1. The molecule has 1 aromatic carbocycles. The van der Waals surface area contributed by atoms with Gasteiger partial charge in [-0.3, -0.25) is 0 Å². The smallest absolute Gasteiger partial charge is 0.328 e. The highest BCUT2D eigenvalue weighted by Crippen LogP contribution is 2.24. The van der Waals surface area contributed by atoms with Gasteiger partial charge in [-0.15, -0.1) is 0 Å². The molecule has 0 radical (unpaired) electrons. The molecule has 0 fully saturated rings. The lowest BCUT2D eigenvalue weighted by Gasteiger charge is -2.10. The summed E-state index contributed by atoms with van der Waals surface area (Å²) in [5.41, 5.74) is 1.46. The van der Waals surface area contributed by atoms with Crippen molar-refractivity contribution in [3.63, 3.8) is 0 Å². The Kier molecular flexibility index (Phi) is 5.29. The standard InChI is InChI=1S/C14H11Cl2IN2O2/c1-8-18-14(16)12(4-5-13(20)21)19(8)7-9-2-3-10(17)6-11(9)15/h2-6H,7H2,1H3,(H,20,21)/b5-4+. The third kappa shape index (κ3) is 3.99. The van der Waals surface area contributed by atoms with Crippen LogP contribution in [-0.4, -0.2) is 20.6 Å². The van der Waals surface area contributed by atoms with Gasteiger partial charge in [-0.05, 0) is 53.3 Å². The maximum absolute atomic E-state index is 10.7. The molecule has 0 bridgehead atoms. The molecule has 0 saturated carbocycles. The number of halogens is 3. The molecular weight excluding hydrogens is 426 g/mol. The first-order valence-corrected chi connectivity index (χ1v) is 7.79. The minimum Gasteiger partial charge on any atom is -0.478 e. The monoisotopic (exact) mass is 436 g/mol. The van der Waals surface area contributed by atoms with Gasteiger partial charge in [-0.1, -0.05) is 29.3 Å². The number of carboxylic acids is 1. The maximum Gasteiger partial charge on any atom is 0.328 e. The maximum atomic E-state index is 10.7. The van der Waals surface area contributed by atoms with Gasteiger partial charge in [0.05, 0.1) is 12.2 Å². The van der Waals surface area contributed by atoms with Gasteiger partial charge in [0.1, 0.15) is 5.82 Å². The molecule has 1 N–H and O–H groups in total. The molecule has 21 heavy (non-hydrogen) atoms. The largest absolute Gasteiger partial charge is 0.478 e. The van der Waals surface area contributed by atoms with Crippen LogP contribution in [0.4, 0.5) is 0 Å². The van der Waals surface area contributed by atoms with Gasteiger partial charge in [-0.25, -0.2) is 9.78 Å². The average molecular weight is 437 g/mol. The molecule has 0 aliphatic heterocycles. The van der Waals surface area contributed by atoms with E-state index in [0.717, 1.165) is 15.2 Å². The fourth-order valence-corrected chi connectivity index (χ4v) is 3.08. The number of hydrogen-bond donors (Lipinski definition) is 1. The van der Waals surface area contributed by atoms with Gasteiger partial charge < -0.3 is 9.67 Å². The first-order chi connectivity index (χ1) is 9.88. The molecule has 1 aromatic heterocycles. The molecule has 0 amide bonds. The second kappa shape index (κ2) is 6.81. The van der Waals surface area contributed by atoms with E-state index in [2.05, 4.69) is 27.6 Å². The zero-order chi connectivity index (χ0) is 15.6. The number of rotatable bonds is 4. The van der Waals surface area contributed by atoms with Crippen LogP contribution in [0.2, 0.25) is 10.2 Å². The third-order valence-electron chi connectivity index (χ3n) is 2.88. The zero-order valence-corrected chi connectivity index (χ0v) is 14.6. The Morgan fingerprint density at radius 1 is 1.48 bits per heavy atom. The van der Waals surface area contributed by atoms with Crippen LogP contribution in [0, 0.1) is 10.5 Å². The van der Waals surface area contributed by atoms with E-state index in [9.17, 15) is 4.79 Å². The minimum absolute atomic E-state index is 0.270. The summed E-state index contributed by atoms with van der Waals surface area (Å²) in [5, 5.41) is 9.67. The Morgan fingerprint density at radius 3 is 2.81 bits per heavy atom. The van der Waals surface area contributed by atoms with Gasteiger partial charge in [0.25, 0.3) is 0 Å². The number of carboxylic acid groups (broad SMARTS) is 1. The number of nitrogens with zero attached hydrogens (tertiary/aromatic N) is 2. The van der Waals surface area contributed by atoms with Crippen LogP contribution in [0.25, 0.3) is 6.08 Å². The molecule has 4 nitrogen and oxygen atoms in total. The molecule has 110 valence electrons. The molecule has 0 unspecified atom stereocenters. The summed E-state index contributed by atoms with van der Waals surface area (Å²) < 4.78 is 2.88. The van der Waals surface area contributed by atoms with Gasteiger partial charge in [-0.2, -0.15) is 0 Å². The van der Waals surface area contributed by atoms with Gasteiger partial charge >= 0.3 is 5.97 Å². The summed E-state index contributed by atoms with van der Waals surface area (Å²) in [7, 11) is 0. The quantitative estimate of drug-likeness (QED) is 0.575. The Hall–Kier alpha value is -1.05. The van der Waals surface area contributed by atoms with E-state index in [1.807, 2.05) is 29.7 Å². The Morgan fingerprint density at radius 2 is 2.19 bits per heavy atom. The summed E-state index contributed by atoms with van der Waals surface area (Å²) in [4.78, 5) is 14.8. The first-order valence-electron chi connectivity index (χ1n) is 5.96. The van der Waals surface area contributed by atoms with E-state index in [0.29, 0.717) is 23.1 Å². The number of imidazole rings is 1. The fourth-order valence-electron chi connectivity index (χ4n) is 1.87. The molecule has 0 aliphatic carbocycles. The summed E-state index contributed by atoms with van der Waals surface area (Å²) in [6.45, 7) is 2.28. The highest BCUT2D eigenvalue weighted by atomic mass is 127. The van der Waals surface area contributed by atoms with Crippen LogP contribution < -0.4 is 0 Å². The van der Waals surface area contributed by atoms with E-state index in [1.54, 1.807) is 0 Å². The molecule has 0 saturated heterocycles. The van der Waals surface area contributed by atoms with E-state index < -0.39 is 5.97 Å². The van der Waals surface area contributed by atoms with E-state index in [1.165, 1.54) is 6.08 Å². The van der Waals surface area contributed by atoms with Crippen LogP contribution in [-0.2, 0) is 11.3 Å². The van der Waals surface area contributed by atoms with Crippen molar-refractivity contribution in [3.05, 3.63) is 55.1 Å². The summed E-state index contributed by atoms with van der Waals surface area (Å²) in [6, 6.07) is 5.77. The number of carbonyl (C=O) groups is 1. The minimum atomic E-state index is -1.04. The lowest BCUT2D eigenvalue weighted by molar-refractivity contribution is -0.131. The fraction of sp³-hybridized carbons (Fsp3) is 0.143. The number of hydrogen-bond acceptors (Lipinski definition) is 2. The lowest BCUT2D eigenvalue weighted by Crippen LogP contribution is -2.05. The van der Waals surface area contributed by atoms with Crippen LogP contribution in [0.15, 0.2) is 24.3 Å². The molecule has 0 atom stereocenters. The SMILES string of the molecule is Cc1nc(Cl)c(/C=C/C(=O)O)n1Cc1ccc(I)cc1Cl. The van der Waals surface area contributed by atoms with E-state index in [-0.39, 0.29) is 5.15 Å². The first kappa shape index (κ1) is 16.3. The molecule has 1 heterocycles. The van der Waals surface area contributed by atoms with Crippen molar-refractivity contribution in [2.24, 2.45) is 0 Å². The number of benzene rings is 1. The highest BCUT2D eigenvalue weighted by Gasteiger charge is 2.13. The second-order valence-corrected chi connectivity index (χ2v) is 6.34. The van der Waals surface area contributed by atoms with Crippen molar-refractivity contribution in [1.82, 2.24) is 9.55 Å². The van der Waals surface area contributed by atoms with Crippen molar-refractivity contribution in [2.45, 2.75) is 13.5 Å². The second-order valence-electron chi connectivity index (χ2n) is 4.33. The molecule has 0 aliphatic rings. The molecule has 2 aromatic rings. The normalized spacial score (nSPS) is 11.2. The predicted octanol–water partition coefficient (Wildman–Crippen LogP) is 4.25. The van der Waals surface area contributed by atoms with Crippen molar-refractivity contribution in [2.75, 3.05) is 0 Å². The number of aryl methyl sites for hydroxylation is 1. The zero-order valence-electron chi connectivity index (χ0n) is 11.0. The van der Waals surface area contributed by atoms with Crippen LogP contribution in [0.5, 0.6) is 0 Å². The Balaban J connectivity index is 2.41. The Bertz CT molecular complexity index is 726. The van der Waals surface area contributed by atoms with E-state index >= 15 is 0 Å². The van der Waals surface area contributed by atoms with Crippen LogP contribution in [0.1, 0.15) is 17.1 Å². The predicted molar refractivity (Wildman–Crippen MR) is 91.9 cm³/mol. The Labute approximate surface area is 145 Å². The lowest BCUT2D eigenvalue weighted by atomic mass is 10.2. The van der Waals surface area contributed by atoms with Crippen molar-refractivity contribution >= 4 is 57.8 Å². The van der Waals surface area contributed by atoms with Crippen LogP contribution in [0.3, 0.4) is 0 Å². The van der Waals surface area contributed by atoms with Crippen molar-refractivity contribution in [3.8, 4) is 0 Å². The van der Waals surface area contributed by atoms with Crippen molar-refractivity contribution < 1.29 is 9.90 Å². The molecular formula is C14H11Cl2IN2O2. The van der Waals surface area contributed by atoms with Gasteiger partial charge in [0.2, 0.25) is 0 Å². The number of aliphatic carboxylic acids is 1. The van der Waals surface area contributed by atoms with Gasteiger partial charge in [0.15, 0.2) is 5.15 Å². The van der Waals surface area contributed by atoms with Crippen LogP contribution >= 0.6 is 45.8 Å². The van der Waals surface area contributed by atoms with Gasteiger partial charge in [0, 0.05) is 14.7 Å². The average Bonchev–Trinajstić information content (AvgIpc) is 2.65. The summed E-state index contributed by atoms with van der Waals surface area (Å²) in [5.74, 6) is -0.344. The summed E-state index contributed by atoms with van der Waals surface area (Å²) >= 11 is 14.5. The third-order valence-corrected chi connectivity index (χ3v) is 4.18. The summed E-state index contributed by atoms with van der Waals surface area (Å²) in [6.07, 6.45) is 2.47.